The summed E-state index contributed by atoms with van der Waals surface area (Å²) in [5.74, 6) is 0.0362. The van der Waals surface area contributed by atoms with E-state index in [-0.39, 0.29) is 11.8 Å². The van der Waals surface area contributed by atoms with E-state index < -0.39 is 11.6 Å². The maximum Gasteiger partial charge on any atom is 0.411 e. The molecular weight excluding hydrogens is 258 g/mol. The first-order valence-corrected chi connectivity index (χ1v) is 6.49. The second-order valence-electron chi connectivity index (χ2n) is 5.21. The van der Waals surface area contributed by atoms with E-state index >= 15 is 0 Å². The number of carbonyl (C=O) groups excluding carboxylic acids is 2. The monoisotopic (exact) mass is 277 g/mol. The van der Waals surface area contributed by atoms with Gasteiger partial charge in [-0.25, -0.2) is 4.79 Å². The molecule has 0 spiro atoms. The van der Waals surface area contributed by atoms with Gasteiger partial charge in [-0.3, -0.25) is 10.1 Å². The molecule has 6 nitrogen and oxygen atoms in total. The van der Waals surface area contributed by atoms with E-state index in [0.717, 1.165) is 12.8 Å². The molecule has 0 aliphatic heterocycles. The molecule has 0 heterocycles. The van der Waals surface area contributed by atoms with Gasteiger partial charge in [0.25, 0.3) is 0 Å². The minimum atomic E-state index is -0.855. The van der Waals surface area contributed by atoms with Gasteiger partial charge in [-0.15, -0.1) is 0 Å². The average molecular weight is 277 g/mol. The first-order valence-electron chi connectivity index (χ1n) is 6.49. The Kier molecular flexibility index (Phi) is 3.94. The Hall–Kier alpha value is -2.08. The number of amides is 2. The fraction of sp³-hybridized carbons (Fsp3) is 0.429. The van der Waals surface area contributed by atoms with Crippen LogP contribution in [-0.2, 0) is 9.53 Å². The van der Waals surface area contributed by atoms with Crippen molar-refractivity contribution in [2.24, 2.45) is 11.7 Å². The van der Waals surface area contributed by atoms with Crippen molar-refractivity contribution >= 4 is 23.4 Å². The maximum atomic E-state index is 12.2. The molecule has 1 aliphatic rings. The van der Waals surface area contributed by atoms with E-state index in [1.807, 2.05) is 0 Å². The molecule has 1 fully saturated rings. The number of rotatable bonds is 4. The predicted octanol–water partition coefficient (Wildman–Crippen LogP) is 1.93. The van der Waals surface area contributed by atoms with E-state index in [9.17, 15) is 9.59 Å². The zero-order chi connectivity index (χ0) is 14.8. The molecule has 1 aromatic rings. The summed E-state index contributed by atoms with van der Waals surface area (Å²) in [6.45, 7) is 1.75. The van der Waals surface area contributed by atoms with Gasteiger partial charge >= 0.3 is 6.09 Å². The molecule has 4 N–H and O–H groups in total. The molecule has 108 valence electrons. The first-order chi connectivity index (χ1) is 9.43. The summed E-state index contributed by atoms with van der Waals surface area (Å²) >= 11 is 0. The Morgan fingerprint density at radius 3 is 2.45 bits per heavy atom. The number of hydrogen-bond donors (Lipinski definition) is 3. The lowest BCUT2D eigenvalue weighted by molar-refractivity contribution is -0.121. The highest BCUT2D eigenvalue weighted by Crippen LogP contribution is 2.38. The van der Waals surface area contributed by atoms with Crippen LogP contribution in [0, 0.1) is 5.92 Å². The van der Waals surface area contributed by atoms with E-state index in [2.05, 4.69) is 15.4 Å². The minimum Gasteiger partial charge on any atom is -0.453 e. The molecule has 2 amide bonds. The van der Waals surface area contributed by atoms with Crippen LogP contribution in [0.4, 0.5) is 16.2 Å². The van der Waals surface area contributed by atoms with Gasteiger partial charge in [0.05, 0.1) is 12.6 Å². The number of benzene rings is 1. The van der Waals surface area contributed by atoms with Crippen LogP contribution in [0.15, 0.2) is 24.3 Å². The van der Waals surface area contributed by atoms with Crippen molar-refractivity contribution in [1.29, 1.82) is 0 Å². The lowest BCUT2D eigenvalue weighted by Crippen LogP contribution is -2.50. The summed E-state index contributed by atoms with van der Waals surface area (Å²) in [6, 6.07) is 6.82. The van der Waals surface area contributed by atoms with Crippen molar-refractivity contribution in [1.82, 2.24) is 0 Å². The standard InChI is InChI=1S/C14H19N3O3/c1-14(15,9-6-7-9)12(18)16-10-4-3-5-11(8-10)17-13(19)20-2/h3-5,8-9H,6-7,15H2,1-2H3,(H,16,18)(H,17,19). The van der Waals surface area contributed by atoms with Crippen LogP contribution in [-0.4, -0.2) is 24.6 Å². The molecule has 0 bridgehead atoms. The van der Waals surface area contributed by atoms with Gasteiger partial charge < -0.3 is 15.8 Å². The van der Waals surface area contributed by atoms with Gasteiger partial charge in [0.15, 0.2) is 0 Å². The molecule has 0 saturated heterocycles. The lowest BCUT2D eigenvalue weighted by Gasteiger charge is -2.23. The quantitative estimate of drug-likeness (QED) is 0.784. The normalized spacial score (nSPS) is 16.9. The smallest absolute Gasteiger partial charge is 0.411 e. The molecule has 0 aromatic heterocycles. The van der Waals surface area contributed by atoms with Gasteiger partial charge in [-0.05, 0) is 43.9 Å². The van der Waals surface area contributed by atoms with Crippen molar-refractivity contribution in [2.45, 2.75) is 25.3 Å². The molecule has 6 heteroatoms. The molecule has 1 aromatic carbocycles. The number of hydrogen-bond acceptors (Lipinski definition) is 4. The number of nitrogens with two attached hydrogens (primary N) is 1. The topological polar surface area (TPSA) is 93.5 Å². The van der Waals surface area contributed by atoms with Crippen LogP contribution in [0.2, 0.25) is 0 Å². The summed E-state index contributed by atoms with van der Waals surface area (Å²) in [7, 11) is 1.29. The van der Waals surface area contributed by atoms with Crippen molar-refractivity contribution in [3.05, 3.63) is 24.3 Å². The van der Waals surface area contributed by atoms with Crippen molar-refractivity contribution < 1.29 is 14.3 Å². The highest BCUT2D eigenvalue weighted by Gasteiger charge is 2.44. The number of methoxy groups -OCH3 is 1. The van der Waals surface area contributed by atoms with Gasteiger partial charge in [0, 0.05) is 11.4 Å². The average Bonchev–Trinajstić information content (AvgIpc) is 3.23. The molecule has 1 saturated carbocycles. The zero-order valence-corrected chi connectivity index (χ0v) is 11.6. The highest BCUT2D eigenvalue weighted by atomic mass is 16.5. The maximum absolute atomic E-state index is 12.2. The largest absolute Gasteiger partial charge is 0.453 e. The lowest BCUT2D eigenvalue weighted by atomic mass is 9.96. The summed E-state index contributed by atoms with van der Waals surface area (Å²) in [4.78, 5) is 23.3. The Morgan fingerprint density at radius 2 is 1.90 bits per heavy atom. The third kappa shape index (κ3) is 3.27. The predicted molar refractivity (Wildman–Crippen MR) is 76.4 cm³/mol. The Balaban J connectivity index is 2.04. The Morgan fingerprint density at radius 1 is 1.30 bits per heavy atom. The summed E-state index contributed by atoms with van der Waals surface area (Å²) < 4.78 is 4.51. The number of carbonyl (C=O) groups is 2. The molecule has 2 rings (SSSR count). The molecule has 1 aliphatic carbocycles. The number of anilines is 2. The first kappa shape index (κ1) is 14.3. The fourth-order valence-corrected chi connectivity index (χ4v) is 1.98. The van der Waals surface area contributed by atoms with E-state index in [1.165, 1.54) is 7.11 Å². The molecule has 1 unspecified atom stereocenters. The SMILES string of the molecule is COC(=O)Nc1cccc(NC(=O)C(C)(N)C2CC2)c1. The van der Waals surface area contributed by atoms with E-state index in [4.69, 9.17) is 5.73 Å². The van der Waals surface area contributed by atoms with Gasteiger partial charge in [-0.1, -0.05) is 6.07 Å². The van der Waals surface area contributed by atoms with Crippen LogP contribution in [0.1, 0.15) is 19.8 Å². The van der Waals surface area contributed by atoms with Gasteiger partial charge in [-0.2, -0.15) is 0 Å². The number of ether oxygens (including phenoxy) is 1. The second-order valence-corrected chi connectivity index (χ2v) is 5.21. The fourth-order valence-electron chi connectivity index (χ4n) is 1.98. The molecular formula is C14H19N3O3. The molecule has 0 radical (unpaired) electrons. The zero-order valence-electron chi connectivity index (χ0n) is 11.6. The van der Waals surface area contributed by atoms with Crippen molar-refractivity contribution in [3.8, 4) is 0 Å². The molecule has 20 heavy (non-hydrogen) atoms. The van der Waals surface area contributed by atoms with Crippen LogP contribution in [0.25, 0.3) is 0 Å². The van der Waals surface area contributed by atoms with Crippen molar-refractivity contribution in [2.75, 3.05) is 17.7 Å². The Labute approximate surface area is 117 Å². The van der Waals surface area contributed by atoms with E-state index in [0.29, 0.717) is 11.4 Å². The number of nitrogens with one attached hydrogen (secondary N) is 2. The van der Waals surface area contributed by atoms with Crippen LogP contribution >= 0.6 is 0 Å². The van der Waals surface area contributed by atoms with Crippen LogP contribution < -0.4 is 16.4 Å². The van der Waals surface area contributed by atoms with Crippen LogP contribution in [0.5, 0.6) is 0 Å². The summed E-state index contributed by atoms with van der Waals surface area (Å²) in [6.07, 6.45) is 1.42. The third-order valence-electron chi connectivity index (χ3n) is 3.47. The Bertz CT molecular complexity index is 524. The highest BCUT2D eigenvalue weighted by molar-refractivity contribution is 5.98. The molecule has 1 atom stereocenters. The van der Waals surface area contributed by atoms with E-state index in [1.54, 1.807) is 31.2 Å². The second kappa shape index (κ2) is 5.50. The van der Waals surface area contributed by atoms with Crippen LogP contribution in [0.3, 0.4) is 0 Å². The van der Waals surface area contributed by atoms with Gasteiger partial charge in [0.1, 0.15) is 0 Å². The van der Waals surface area contributed by atoms with Gasteiger partial charge in [0.2, 0.25) is 5.91 Å². The summed E-state index contributed by atoms with van der Waals surface area (Å²) in [5.41, 5.74) is 6.32. The third-order valence-corrected chi connectivity index (χ3v) is 3.47. The summed E-state index contributed by atoms with van der Waals surface area (Å²) in [5, 5.41) is 5.31. The van der Waals surface area contributed by atoms with Crippen molar-refractivity contribution in [3.63, 3.8) is 0 Å². The minimum absolute atomic E-state index is 0.213.